The van der Waals surface area contributed by atoms with Gasteiger partial charge in [0.25, 0.3) is 11.8 Å². The summed E-state index contributed by atoms with van der Waals surface area (Å²) in [6, 6.07) is 26.0. The second-order valence-electron chi connectivity index (χ2n) is 16.2. The van der Waals surface area contributed by atoms with Crippen molar-refractivity contribution < 1.29 is 19.8 Å². The van der Waals surface area contributed by atoms with Gasteiger partial charge in [-0.1, -0.05) is 54.6 Å². The highest BCUT2D eigenvalue weighted by Gasteiger charge is 2.43. The Hall–Kier alpha value is -5.84. The van der Waals surface area contributed by atoms with E-state index in [1.165, 1.54) is 11.1 Å². The van der Waals surface area contributed by atoms with Crippen LogP contribution < -0.4 is 0 Å². The molecule has 0 radical (unpaired) electrons. The summed E-state index contributed by atoms with van der Waals surface area (Å²) >= 11 is 0. The summed E-state index contributed by atoms with van der Waals surface area (Å²) in [5.41, 5.74) is 12.7. The molecule has 6 atom stereocenters. The summed E-state index contributed by atoms with van der Waals surface area (Å²) in [5.74, 6) is -0.244. The molecule has 0 unspecified atom stereocenters. The molecule has 4 aromatic carbocycles. The summed E-state index contributed by atoms with van der Waals surface area (Å²) in [5, 5.41) is 23.7. The Balaban J connectivity index is 0.888. The van der Waals surface area contributed by atoms with Crippen LogP contribution in [0.15, 0.2) is 104 Å². The number of nitrogens with zero attached hydrogens (tertiary/aromatic N) is 6. The standard InChI is InChI=1S/C46H44N6O4/c1-49(2)45(55)28-13-15-31-26(19-28)12-18-37(44(31)54)42-35-10-6-7-30(40(35)39-22-48-25-52(39)42)23-50(3)46(56)29-14-16-32-27(20-29)11-17-36(43(32)53)41-34-9-5-4-8-33(34)38-21-47-24-51(38)41/h4-10,13-16,19-22,24-25,36-37,41-44,53-54H,11-12,17-18,23H2,1-3H3/t36-,37+,41+,42+,43+,44+/m0/s1. The largest absolute Gasteiger partial charge is 0.388 e. The monoisotopic (exact) mass is 744 g/mol. The first-order valence-corrected chi connectivity index (χ1v) is 19.5. The fraction of sp³-hybridized carbons (Fsp3) is 0.304. The van der Waals surface area contributed by atoms with Crippen LogP contribution in [-0.2, 0) is 19.4 Å². The predicted molar refractivity (Wildman–Crippen MR) is 212 cm³/mol. The summed E-state index contributed by atoms with van der Waals surface area (Å²) < 4.78 is 4.38. The first-order valence-electron chi connectivity index (χ1n) is 19.5. The number of aliphatic hydroxyl groups is 2. The molecule has 2 amide bonds. The summed E-state index contributed by atoms with van der Waals surface area (Å²) in [6.07, 6.45) is 9.21. The Morgan fingerprint density at radius 2 is 1.25 bits per heavy atom. The van der Waals surface area contributed by atoms with Crippen molar-refractivity contribution in [1.29, 1.82) is 0 Å². The van der Waals surface area contributed by atoms with E-state index in [1.807, 2.05) is 80.6 Å². The third-order valence-electron chi connectivity index (χ3n) is 12.9. The number of rotatable bonds is 6. The van der Waals surface area contributed by atoms with Crippen LogP contribution in [0, 0.1) is 11.8 Å². The molecule has 6 aromatic rings. The molecule has 4 aliphatic rings. The Morgan fingerprint density at radius 3 is 1.91 bits per heavy atom. The van der Waals surface area contributed by atoms with Gasteiger partial charge >= 0.3 is 0 Å². The summed E-state index contributed by atoms with van der Waals surface area (Å²) in [7, 11) is 5.33. The zero-order valence-electron chi connectivity index (χ0n) is 31.7. The van der Waals surface area contributed by atoms with Gasteiger partial charge in [0.2, 0.25) is 0 Å². The number of hydrogen-bond acceptors (Lipinski definition) is 6. The highest BCUT2D eigenvalue weighted by atomic mass is 16.3. The number of carbonyl (C=O) groups is 2. The van der Waals surface area contributed by atoms with Crippen LogP contribution in [0.4, 0.5) is 0 Å². The maximum Gasteiger partial charge on any atom is 0.253 e. The van der Waals surface area contributed by atoms with E-state index >= 15 is 0 Å². The van der Waals surface area contributed by atoms with Crippen LogP contribution in [0.1, 0.15) is 96.8 Å². The molecule has 0 spiro atoms. The second kappa shape index (κ2) is 13.1. The number of benzene rings is 4. The van der Waals surface area contributed by atoms with Gasteiger partial charge in [-0.2, -0.15) is 0 Å². The maximum atomic E-state index is 14.1. The van der Waals surface area contributed by atoms with Gasteiger partial charge < -0.3 is 29.1 Å². The minimum Gasteiger partial charge on any atom is -0.388 e. The van der Waals surface area contributed by atoms with Gasteiger partial charge in [-0.15, -0.1) is 0 Å². The van der Waals surface area contributed by atoms with Crippen molar-refractivity contribution in [1.82, 2.24) is 28.9 Å². The van der Waals surface area contributed by atoms with Crippen LogP contribution in [0.3, 0.4) is 0 Å². The lowest BCUT2D eigenvalue weighted by Gasteiger charge is -2.35. The Bertz CT molecular complexity index is 2550. The van der Waals surface area contributed by atoms with E-state index in [0.29, 0.717) is 17.7 Å². The molecule has 2 N–H and O–H groups in total. The van der Waals surface area contributed by atoms with Gasteiger partial charge in [0.05, 0.1) is 60.7 Å². The number of amides is 2. The molecule has 0 fully saturated rings. The van der Waals surface area contributed by atoms with E-state index in [1.54, 1.807) is 23.9 Å². The summed E-state index contributed by atoms with van der Waals surface area (Å²) in [4.78, 5) is 39.0. The van der Waals surface area contributed by atoms with Crippen LogP contribution in [0.25, 0.3) is 22.5 Å². The van der Waals surface area contributed by atoms with Crippen LogP contribution >= 0.6 is 0 Å². The number of aryl methyl sites for hydroxylation is 2. The van der Waals surface area contributed by atoms with E-state index in [-0.39, 0.29) is 35.7 Å². The van der Waals surface area contributed by atoms with E-state index in [4.69, 9.17) is 0 Å². The lowest BCUT2D eigenvalue weighted by atomic mass is 9.75. The average molecular weight is 745 g/mol. The van der Waals surface area contributed by atoms with E-state index in [0.717, 1.165) is 76.0 Å². The number of imidazole rings is 2. The number of carbonyl (C=O) groups excluding carboxylic acids is 2. The number of aliphatic hydroxyl groups excluding tert-OH is 2. The third-order valence-corrected chi connectivity index (χ3v) is 12.9. The predicted octanol–water partition coefficient (Wildman–Crippen LogP) is 6.79. The topological polar surface area (TPSA) is 117 Å². The second-order valence-corrected chi connectivity index (χ2v) is 16.2. The molecule has 0 saturated carbocycles. The normalized spacial score (nSPS) is 22.7. The smallest absolute Gasteiger partial charge is 0.253 e. The fourth-order valence-corrected chi connectivity index (χ4v) is 10.3. The van der Waals surface area contributed by atoms with E-state index in [2.05, 4.69) is 49.4 Å². The van der Waals surface area contributed by atoms with Crippen molar-refractivity contribution >= 4 is 11.8 Å². The molecule has 56 heavy (non-hydrogen) atoms. The molecular formula is C46H44N6O4. The SMILES string of the molecule is CN(C)C(=O)c1ccc2c(c1)CC[C@H]([C@H]1c3cccc(CN(C)C(=O)c4ccc5c(c4)CC[C@@H]([C@H]4c6ccccc6-c6cncn64)[C@@H]5O)c3-c3cncn31)[C@@H]2O. The molecule has 10 nitrogen and oxygen atoms in total. The van der Waals surface area contributed by atoms with Gasteiger partial charge in [0.1, 0.15) is 0 Å². The Morgan fingerprint density at radius 1 is 0.679 bits per heavy atom. The molecule has 0 bridgehead atoms. The van der Waals surface area contributed by atoms with Gasteiger partial charge in [0, 0.05) is 61.8 Å². The van der Waals surface area contributed by atoms with Crippen LogP contribution in [-0.4, -0.2) is 72.1 Å². The Kier molecular flexibility index (Phi) is 8.13. The number of hydrogen-bond donors (Lipinski definition) is 2. The number of aromatic nitrogens is 4. The molecular weight excluding hydrogens is 701 g/mol. The van der Waals surface area contributed by atoms with Gasteiger partial charge in [0.15, 0.2) is 0 Å². The van der Waals surface area contributed by atoms with Crippen LogP contribution in [0.5, 0.6) is 0 Å². The molecule has 2 aliphatic heterocycles. The van der Waals surface area contributed by atoms with Crippen molar-refractivity contribution in [2.24, 2.45) is 11.8 Å². The summed E-state index contributed by atoms with van der Waals surface area (Å²) in [6.45, 7) is 0.398. The molecule has 10 rings (SSSR count). The minimum atomic E-state index is -0.712. The van der Waals surface area contributed by atoms with Crippen LogP contribution in [0.2, 0.25) is 0 Å². The first kappa shape index (κ1) is 34.6. The lowest BCUT2D eigenvalue weighted by molar-refractivity contribution is 0.0714. The fourth-order valence-electron chi connectivity index (χ4n) is 10.3. The average Bonchev–Trinajstić information content (AvgIpc) is 4.00. The molecule has 4 heterocycles. The van der Waals surface area contributed by atoms with Crippen molar-refractivity contribution in [3.8, 4) is 22.5 Å². The van der Waals surface area contributed by atoms with Crippen molar-refractivity contribution in [2.45, 2.75) is 56.5 Å². The van der Waals surface area contributed by atoms with E-state index in [9.17, 15) is 19.8 Å². The van der Waals surface area contributed by atoms with Crippen molar-refractivity contribution in [3.63, 3.8) is 0 Å². The maximum absolute atomic E-state index is 14.1. The quantitative estimate of drug-likeness (QED) is 0.194. The van der Waals surface area contributed by atoms with Crippen molar-refractivity contribution in [2.75, 3.05) is 21.1 Å². The molecule has 282 valence electrons. The third kappa shape index (κ3) is 5.23. The Labute approximate surface area is 325 Å². The molecule has 2 aromatic heterocycles. The van der Waals surface area contributed by atoms with Gasteiger partial charge in [-0.05, 0) is 88.9 Å². The van der Waals surface area contributed by atoms with Gasteiger partial charge in [-0.3, -0.25) is 9.59 Å². The zero-order chi connectivity index (χ0) is 38.4. The number of fused-ring (bicyclic) bond motifs is 8. The van der Waals surface area contributed by atoms with E-state index < -0.39 is 12.2 Å². The van der Waals surface area contributed by atoms with Crippen molar-refractivity contribution in [3.05, 3.63) is 154 Å². The van der Waals surface area contributed by atoms with Gasteiger partial charge in [-0.25, -0.2) is 9.97 Å². The lowest BCUT2D eigenvalue weighted by Crippen LogP contribution is -2.30. The molecule has 10 heteroatoms. The first-order chi connectivity index (χ1) is 27.2. The molecule has 0 saturated heterocycles. The highest BCUT2D eigenvalue weighted by molar-refractivity contribution is 5.95. The highest BCUT2D eigenvalue weighted by Crippen LogP contribution is 2.52. The molecule has 2 aliphatic carbocycles. The minimum absolute atomic E-state index is 0.00760. The zero-order valence-corrected chi connectivity index (χ0v) is 31.7.